The lowest BCUT2D eigenvalue weighted by atomic mass is 10.2. The highest BCUT2D eigenvalue weighted by Gasteiger charge is 1.83. The molecule has 0 fully saturated rings. The summed E-state index contributed by atoms with van der Waals surface area (Å²) < 4.78 is 0. The molecular weight excluding hydrogens is 112 g/mol. The maximum atomic E-state index is 6.74. The molecule has 0 amide bonds. The number of hydrogen-bond acceptors (Lipinski definition) is 2. The maximum absolute atomic E-state index is 6.74. The molecule has 0 radical (unpaired) electrons. The molecule has 2 N–H and O–H groups in total. The summed E-state index contributed by atoms with van der Waals surface area (Å²) in [6.45, 7) is 4.36. The highest BCUT2D eigenvalue weighted by molar-refractivity contribution is 5.69. The molecule has 0 rings (SSSR count). The molecule has 0 spiro atoms. The fraction of sp³-hybridized carbons (Fsp3) is 0.286. The van der Waals surface area contributed by atoms with Crippen LogP contribution in [0.3, 0.4) is 0 Å². The van der Waals surface area contributed by atoms with Crippen molar-refractivity contribution in [2.24, 2.45) is 0 Å². The van der Waals surface area contributed by atoms with Crippen LogP contribution in [0.15, 0.2) is 24.3 Å². The molecule has 2 heteroatoms. The zero-order valence-corrected chi connectivity index (χ0v) is 5.65. The summed E-state index contributed by atoms with van der Waals surface area (Å²) in [5, 5.41) is 9.70. The van der Waals surface area contributed by atoms with Crippen LogP contribution in [-0.4, -0.2) is 19.8 Å². The second-order valence-electron chi connectivity index (χ2n) is 1.64. The molecule has 0 saturated carbocycles. The summed E-state index contributed by atoms with van der Waals surface area (Å²) in [4.78, 5) is 0. The van der Waals surface area contributed by atoms with Gasteiger partial charge in [0, 0.05) is 12.8 Å². The van der Waals surface area contributed by atoms with Crippen LogP contribution in [0.5, 0.6) is 0 Å². The third kappa shape index (κ3) is 3.67. The lowest BCUT2D eigenvalue weighted by Crippen LogP contribution is -2.08. The van der Waals surface area contributed by atoms with Gasteiger partial charge in [-0.15, -0.1) is 0 Å². The SMILES string of the molecule is C=C/C(=C\C=N)CNC. The van der Waals surface area contributed by atoms with E-state index in [0.717, 1.165) is 12.1 Å². The molecule has 0 aromatic rings. The predicted octanol–water partition coefficient (Wildman–Crippen LogP) is 0.968. The van der Waals surface area contributed by atoms with Crippen LogP contribution in [0.2, 0.25) is 0 Å². The van der Waals surface area contributed by atoms with E-state index in [-0.39, 0.29) is 0 Å². The van der Waals surface area contributed by atoms with E-state index in [9.17, 15) is 0 Å². The fourth-order valence-corrected chi connectivity index (χ4v) is 0.510. The summed E-state index contributed by atoms with van der Waals surface area (Å²) in [5.41, 5.74) is 1.03. The average Bonchev–Trinajstić information content (AvgIpc) is 1.88. The minimum absolute atomic E-state index is 0.777. The summed E-state index contributed by atoms with van der Waals surface area (Å²) in [6.07, 6.45) is 4.71. The van der Waals surface area contributed by atoms with Gasteiger partial charge in [-0.25, -0.2) is 0 Å². The zero-order valence-electron chi connectivity index (χ0n) is 5.65. The van der Waals surface area contributed by atoms with Crippen molar-refractivity contribution in [1.82, 2.24) is 5.32 Å². The number of nitrogens with one attached hydrogen (secondary N) is 2. The zero-order chi connectivity index (χ0) is 7.11. The van der Waals surface area contributed by atoms with Crippen molar-refractivity contribution in [2.75, 3.05) is 13.6 Å². The van der Waals surface area contributed by atoms with Crippen molar-refractivity contribution in [1.29, 1.82) is 5.41 Å². The van der Waals surface area contributed by atoms with Gasteiger partial charge >= 0.3 is 0 Å². The van der Waals surface area contributed by atoms with Crippen LogP contribution in [-0.2, 0) is 0 Å². The summed E-state index contributed by atoms with van der Waals surface area (Å²) in [6, 6.07) is 0. The van der Waals surface area contributed by atoms with Crippen LogP contribution in [0.25, 0.3) is 0 Å². The molecule has 0 saturated heterocycles. The van der Waals surface area contributed by atoms with E-state index < -0.39 is 0 Å². The second-order valence-corrected chi connectivity index (χ2v) is 1.64. The second kappa shape index (κ2) is 5.25. The molecule has 0 bridgehead atoms. The minimum atomic E-state index is 0.777. The Bertz CT molecular complexity index is 125. The fourth-order valence-electron chi connectivity index (χ4n) is 0.510. The standard InChI is InChI=1S/C7H12N2/c1-3-7(4-5-8)6-9-2/h3-5,8-9H,1,6H2,2H3/b7-4+,8-5?. The van der Waals surface area contributed by atoms with Gasteiger partial charge in [0.25, 0.3) is 0 Å². The van der Waals surface area contributed by atoms with Crippen molar-refractivity contribution in [3.8, 4) is 0 Å². The van der Waals surface area contributed by atoms with Crippen LogP contribution in [0.4, 0.5) is 0 Å². The first-order valence-electron chi connectivity index (χ1n) is 2.81. The number of hydrogen-bond donors (Lipinski definition) is 2. The number of allylic oxidation sites excluding steroid dienone is 1. The Morgan fingerprint density at radius 2 is 2.44 bits per heavy atom. The summed E-state index contributed by atoms with van der Waals surface area (Å²) in [5.74, 6) is 0. The third-order valence-corrected chi connectivity index (χ3v) is 0.940. The van der Waals surface area contributed by atoms with Crippen LogP contribution < -0.4 is 5.32 Å². The van der Waals surface area contributed by atoms with Gasteiger partial charge in [-0.3, -0.25) is 0 Å². The van der Waals surface area contributed by atoms with Gasteiger partial charge < -0.3 is 10.7 Å². The van der Waals surface area contributed by atoms with E-state index >= 15 is 0 Å². The van der Waals surface area contributed by atoms with Crippen molar-refractivity contribution in [3.63, 3.8) is 0 Å². The van der Waals surface area contributed by atoms with E-state index in [1.165, 1.54) is 6.21 Å². The van der Waals surface area contributed by atoms with Gasteiger partial charge in [0.2, 0.25) is 0 Å². The first kappa shape index (κ1) is 8.11. The predicted molar refractivity (Wildman–Crippen MR) is 41.0 cm³/mol. The van der Waals surface area contributed by atoms with Gasteiger partial charge in [-0.1, -0.05) is 12.7 Å². The number of likely N-dealkylation sites (N-methyl/N-ethyl adjacent to an activating group) is 1. The Morgan fingerprint density at radius 3 is 2.78 bits per heavy atom. The van der Waals surface area contributed by atoms with Crippen molar-refractivity contribution in [2.45, 2.75) is 0 Å². The van der Waals surface area contributed by atoms with Crippen LogP contribution >= 0.6 is 0 Å². The highest BCUT2D eigenvalue weighted by Crippen LogP contribution is 1.89. The van der Waals surface area contributed by atoms with E-state index in [1.54, 1.807) is 12.2 Å². The molecule has 0 atom stereocenters. The lowest BCUT2D eigenvalue weighted by Gasteiger charge is -1.95. The third-order valence-electron chi connectivity index (χ3n) is 0.940. The van der Waals surface area contributed by atoms with Crippen molar-refractivity contribution >= 4 is 6.21 Å². The van der Waals surface area contributed by atoms with E-state index in [2.05, 4.69) is 11.9 Å². The van der Waals surface area contributed by atoms with Gasteiger partial charge in [0.15, 0.2) is 0 Å². The molecule has 0 aromatic carbocycles. The molecular formula is C7H12N2. The van der Waals surface area contributed by atoms with Crippen molar-refractivity contribution < 1.29 is 0 Å². The normalized spacial score (nSPS) is 11.0. The monoisotopic (exact) mass is 124 g/mol. The Kier molecular flexibility index (Phi) is 4.73. The molecule has 0 aromatic heterocycles. The molecule has 9 heavy (non-hydrogen) atoms. The molecule has 50 valence electrons. The quantitative estimate of drug-likeness (QED) is 0.425. The summed E-state index contributed by atoms with van der Waals surface area (Å²) >= 11 is 0. The first-order valence-corrected chi connectivity index (χ1v) is 2.81. The van der Waals surface area contributed by atoms with Gasteiger partial charge in [-0.05, 0) is 18.7 Å². The Morgan fingerprint density at radius 1 is 1.78 bits per heavy atom. The number of rotatable bonds is 4. The average molecular weight is 124 g/mol. The highest BCUT2D eigenvalue weighted by atomic mass is 14.8. The molecule has 0 aliphatic carbocycles. The maximum Gasteiger partial charge on any atom is 0.0202 e. The largest absolute Gasteiger partial charge is 0.316 e. The van der Waals surface area contributed by atoms with E-state index in [1.807, 2.05) is 7.05 Å². The van der Waals surface area contributed by atoms with E-state index in [0.29, 0.717) is 0 Å². The summed E-state index contributed by atoms with van der Waals surface area (Å²) in [7, 11) is 1.86. The molecule has 0 aliphatic rings. The smallest absolute Gasteiger partial charge is 0.0202 e. The Hall–Kier alpha value is -0.890. The van der Waals surface area contributed by atoms with Crippen molar-refractivity contribution in [3.05, 3.63) is 24.3 Å². The topological polar surface area (TPSA) is 35.9 Å². The Balaban J connectivity index is 3.80. The first-order chi connectivity index (χ1) is 4.35. The molecule has 0 heterocycles. The lowest BCUT2D eigenvalue weighted by molar-refractivity contribution is 0.897. The van der Waals surface area contributed by atoms with E-state index in [4.69, 9.17) is 5.41 Å². The molecule has 0 aliphatic heterocycles. The van der Waals surface area contributed by atoms with Crippen LogP contribution in [0, 0.1) is 5.41 Å². The van der Waals surface area contributed by atoms with Crippen LogP contribution in [0.1, 0.15) is 0 Å². The minimum Gasteiger partial charge on any atom is -0.316 e. The Labute approximate surface area is 55.8 Å². The van der Waals surface area contributed by atoms with Gasteiger partial charge in [0.1, 0.15) is 0 Å². The van der Waals surface area contributed by atoms with Gasteiger partial charge in [-0.2, -0.15) is 0 Å². The molecule has 0 unspecified atom stereocenters. The van der Waals surface area contributed by atoms with Gasteiger partial charge in [0.05, 0.1) is 0 Å². The molecule has 2 nitrogen and oxygen atoms in total.